The van der Waals surface area contributed by atoms with Crippen molar-refractivity contribution in [3.05, 3.63) is 121 Å². The van der Waals surface area contributed by atoms with Gasteiger partial charge in [0.1, 0.15) is 0 Å². The van der Waals surface area contributed by atoms with Crippen molar-refractivity contribution in [1.82, 2.24) is 0 Å². The highest BCUT2D eigenvalue weighted by Crippen LogP contribution is 1.98. The molecule has 0 bridgehead atoms. The van der Waals surface area contributed by atoms with E-state index in [9.17, 15) is 0 Å². The van der Waals surface area contributed by atoms with E-state index >= 15 is 0 Å². The molecule has 0 amide bonds. The molecule has 0 fully saturated rings. The van der Waals surface area contributed by atoms with Crippen LogP contribution in [0.4, 0.5) is 0 Å². The van der Waals surface area contributed by atoms with Gasteiger partial charge in [-0.1, -0.05) is 142 Å². The summed E-state index contributed by atoms with van der Waals surface area (Å²) < 4.78 is 0. The third-order valence-electron chi connectivity index (χ3n) is 4.46. The highest BCUT2D eigenvalue weighted by atomic mass is 29.8. The molecule has 28 heavy (non-hydrogen) atoms. The van der Waals surface area contributed by atoms with E-state index in [2.05, 4.69) is 121 Å². The lowest BCUT2D eigenvalue weighted by Gasteiger charge is -2.25. The molecular weight excluding hydrogens is 401 g/mol. The molecule has 0 saturated heterocycles. The molecule has 0 aromatic heterocycles. The minimum absolute atomic E-state index is 0.721. The molecule has 0 atom stereocenters. The Bertz CT molecular complexity index is 877. The van der Waals surface area contributed by atoms with Crippen LogP contribution in [0.5, 0.6) is 0 Å². The van der Waals surface area contributed by atoms with E-state index < -0.39 is 15.7 Å². The zero-order valence-electron chi connectivity index (χ0n) is 15.5. The lowest BCUT2D eigenvalue weighted by Crippen LogP contribution is -2.64. The van der Waals surface area contributed by atoms with Gasteiger partial charge in [0.2, 0.25) is 0 Å². The van der Waals surface area contributed by atoms with Crippen molar-refractivity contribution in [2.45, 2.75) is 0 Å². The first-order chi connectivity index (χ1) is 13.9. The number of rotatable bonds is 7. The molecule has 0 aliphatic heterocycles. The molecule has 0 N–H and O–H groups in total. The molecule has 4 heteroatoms. The molecule has 0 unspecified atom stereocenters. The van der Waals surface area contributed by atoms with E-state index in [1.54, 1.807) is 10.4 Å². The van der Waals surface area contributed by atoms with Crippen LogP contribution >= 0.6 is 0 Å². The maximum Gasteiger partial charge on any atom is 0.0711 e. The van der Waals surface area contributed by atoms with E-state index in [1.807, 2.05) is 0 Å². The van der Waals surface area contributed by atoms with Crippen LogP contribution in [0.3, 0.4) is 0 Å². The molecule has 132 valence electrons. The molecule has 0 aliphatic rings. The van der Waals surface area contributed by atoms with Crippen molar-refractivity contribution in [2.24, 2.45) is 0 Å². The summed E-state index contributed by atoms with van der Waals surface area (Å²) in [4.78, 5) is 0. The summed E-state index contributed by atoms with van der Waals surface area (Å²) in [7, 11) is 0.328. The lowest BCUT2D eigenvalue weighted by molar-refractivity contribution is 1.76. The third-order valence-corrected chi connectivity index (χ3v) is 25.7. The topological polar surface area (TPSA) is 0 Å². The second kappa shape index (κ2) is 9.79. The van der Waals surface area contributed by atoms with Crippen molar-refractivity contribution in [3.63, 3.8) is 0 Å². The molecule has 6 radical (unpaired) electrons. The molecule has 0 spiro atoms. The van der Waals surface area contributed by atoms with Gasteiger partial charge in [-0.25, -0.2) is 0 Å². The monoisotopic (exact) mass is 420 g/mol. The van der Waals surface area contributed by atoms with Crippen LogP contribution in [-0.4, -0.2) is 33.7 Å². The molecule has 0 heterocycles. The van der Waals surface area contributed by atoms with Gasteiger partial charge in [0.05, 0.1) is 33.7 Å². The number of benzene rings is 4. The molecular formula is C24H20Si4. The lowest BCUT2D eigenvalue weighted by atomic mass is 10.4. The first-order valence-electron chi connectivity index (χ1n) is 9.39. The Morgan fingerprint density at radius 2 is 0.643 bits per heavy atom. The fourth-order valence-electron chi connectivity index (χ4n) is 3.10. The van der Waals surface area contributed by atoms with E-state index in [1.165, 1.54) is 10.4 Å². The Morgan fingerprint density at radius 3 is 0.964 bits per heavy atom. The van der Waals surface area contributed by atoms with Crippen LogP contribution in [0.25, 0.3) is 0 Å². The van der Waals surface area contributed by atoms with Crippen LogP contribution in [-0.2, 0) is 0 Å². The SMILES string of the molecule is c1ccc([Si][Si](c2ccccc2)[Si]([Si]c2ccccc2)c2ccccc2)cc1. The zero-order valence-corrected chi connectivity index (χ0v) is 19.5. The van der Waals surface area contributed by atoms with Gasteiger partial charge >= 0.3 is 0 Å². The highest BCUT2D eigenvalue weighted by Gasteiger charge is 2.30. The largest absolute Gasteiger partial charge is 0.0711 e. The summed E-state index contributed by atoms with van der Waals surface area (Å²) in [6.07, 6.45) is 0. The summed E-state index contributed by atoms with van der Waals surface area (Å²) in [5.41, 5.74) is 0. The van der Waals surface area contributed by atoms with E-state index in [0.29, 0.717) is 0 Å². The van der Waals surface area contributed by atoms with Crippen LogP contribution in [0.15, 0.2) is 121 Å². The summed E-state index contributed by atoms with van der Waals surface area (Å²) >= 11 is 0. The van der Waals surface area contributed by atoms with Gasteiger partial charge in [0, 0.05) is 0 Å². The Balaban J connectivity index is 1.76. The normalized spacial score (nSPS) is 11.1. The average Bonchev–Trinajstić information content (AvgIpc) is 2.79. The maximum atomic E-state index is 2.37. The molecule has 0 nitrogen and oxygen atoms in total. The molecule has 0 saturated carbocycles. The molecule has 4 aromatic carbocycles. The number of hydrogen-bond acceptors (Lipinski definition) is 0. The molecule has 4 rings (SSSR count). The van der Waals surface area contributed by atoms with Crippen molar-refractivity contribution >= 4 is 54.5 Å². The van der Waals surface area contributed by atoms with Gasteiger partial charge in [-0.05, 0) is 0 Å². The maximum absolute atomic E-state index is 2.37. The van der Waals surface area contributed by atoms with E-state index in [4.69, 9.17) is 0 Å². The first-order valence-corrected chi connectivity index (χ1v) is 17.4. The Morgan fingerprint density at radius 1 is 0.357 bits per heavy atom. The fraction of sp³-hybridized carbons (Fsp3) is 0. The highest BCUT2D eigenvalue weighted by molar-refractivity contribution is 7.68. The van der Waals surface area contributed by atoms with Crippen LogP contribution in [0.2, 0.25) is 0 Å². The van der Waals surface area contributed by atoms with E-state index in [-0.39, 0.29) is 0 Å². The summed E-state index contributed by atoms with van der Waals surface area (Å²) in [6.45, 7) is 0. The second-order valence-corrected chi connectivity index (χ2v) is 21.3. The summed E-state index contributed by atoms with van der Waals surface area (Å²) in [6, 6.07) is 44.8. The number of hydrogen-bond donors (Lipinski definition) is 0. The summed E-state index contributed by atoms with van der Waals surface area (Å²) in [5.74, 6) is 0. The standard InChI is InChI=1S/C24H20Si4/c1-5-13-21(14-6-1)25-27(23-17-9-3-10-18-23)28(24-19-11-4-12-20-24)26-22-15-7-2-8-16-22/h1-20H. The quantitative estimate of drug-likeness (QED) is 0.401. The smallest absolute Gasteiger partial charge is 0.0674 e. The predicted molar refractivity (Wildman–Crippen MR) is 127 cm³/mol. The Labute approximate surface area is 175 Å². The van der Waals surface area contributed by atoms with Gasteiger partial charge in [0.25, 0.3) is 0 Å². The van der Waals surface area contributed by atoms with Gasteiger partial charge in [0.15, 0.2) is 0 Å². The van der Waals surface area contributed by atoms with Gasteiger partial charge in [-0.2, -0.15) is 0 Å². The van der Waals surface area contributed by atoms with E-state index in [0.717, 1.165) is 18.1 Å². The minimum Gasteiger partial charge on any atom is -0.0674 e. The Hall–Kier alpha value is -2.25. The van der Waals surface area contributed by atoms with Crippen LogP contribution in [0, 0.1) is 0 Å². The predicted octanol–water partition coefficient (Wildman–Crippen LogP) is 1.92. The first kappa shape index (κ1) is 19.1. The fourth-order valence-corrected chi connectivity index (χ4v) is 25.5. The Kier molecular flexibility index (Phi) is 6.67. The van der Waals surface area contributed by atoms with Crippen LogP contribution in [0.1, 0.15) is 0 Å². The zero-order chi connectivity index (χ0) is 19.0. The second-order valence-electron chi connectivity index (χ2n) is 6.46. The average molecular weight is 421 g/mol. The molecule has 0 aliphatic carbocycles. The van der Waals surface area contributed by atoms with Gasteiger partial charge < -0.3 is 0 Å². The third kappa shape index (κ3) is 4.97. The van der Waals surface area contributed by atoms with Crippen LogP contribution < -0.4 is 20.7 Å². The van der Waals surface area contributed by atoms with Crippen molar-refractivity contribution in [3.8, 4) is 0 Å². The van der Waals surface area contributed by atoms with Crippen molar-refractivity contribution in [1.29, 1.82) is 0 Å². The van der Waals surface area contributed by atoms with Gasteiger partial charge in [-0.15, -0.1) is 0 Å². The van der Waals surface area contributed by atoms with Gasteiger partial charge in [-0.3, -0.25) is 0 Å². The molecule has 4 aromatic rings. The van der Waals surface area contributed by atoms with Crippen molar-refractivity contribution < 1.29 is 0 Å². The van der Waals surface area contributed by atoms with Crippen molar-refractivity contribution in [2.75, 3.05) is 0 Å². The minimum atomic E-state index is -0.721. The summed E-state index contributed by atoms with van der Waals surface area (Å²) in [5, 5.41) is 6.15.